The molecule has 0 saturated carbocycles. The van der Waals surface area contributed by atoms with Gasteiger partial charge in [0.05, 0.1) is 18.8 Å². The minimum Gasteiger partial charge on any atom is -0.467 e. The van der Waals surface area contributed by atoms with Gasteiger partial charge in [0.25, 0.3) is 0 Å². The maximum absolute atomic E-state index is 13.0. The molecule has 3 saturated heterocycles. The van der Waals surface area contributed by atoms with Gasteiger partial charge in [0.2, 0.25) is 0 Å². The Hall–Kier alpha value is -2.15. The fourth-order valence-electron chi connectivity index (χ4n) is 5.78. The van der Waals surface area contributed by atoms with E-state index in [2.05, 4.69) is 11.1 Å². The first kappa shape index (κ1) is 17.0. The molecule has 0 amide bonds. The summed E-state index contributed by atoms with van der Waals surface area (Å²) in [6.45, 7) is 2.60. The molecule has 5 heterocycles. The van der Waals surface area contributed by atoms with Gasteiger partial charge in [0, 0.05) is 36.9 Å². The Kier molecular flexibility index (Phi) is 3.42. The summed E-state index contributed by atoms with van der Waals surface area (Å²) >= 11 is 0. The van der Waals surface area contributed by atoms with E-state index < -0.39 is 11.3 Å². The van der Waals surface area contributed by atoms with Crippen molar-refractivity contribution in [2.24, 2.45) is 5.92 Å². The summed E-state index contributed by atoms with van der Waals surface area (Å²) in [7, 11) is 2.98. The Balaban J connectivity index is 1.78. The molecule has 4 bridgehead atoms. The molecule has 1 aromatic carbocycles. The van der Waals surface area contributed by atoms with Crippen molar-refractivity contribution < 1.29 is 19.4 Å². The van der Waals surface area contributed by atoms with Crippen LogP contribution < -0.4 is 0 Å². The predicted molar refractivity (Wildman–Crippen MR) is 100 cm³/mol. The molecule has 0 spiro atoms. The summed E-state index contributed by atoms with van der Waals surface area (Å²) in [5, 5.41) is 12.9. The topological polar surface area (TPSA) is 74.8 Å². The van der Waals surface area contributed by atoms with Crippen LogP contribution in [0.5, 0.6) is 0 Å². The van der Waals surface area contributed by atoms with Crippen LogP contribution in [0.4, 0.5) is 0 Å². The molecule has 2 aromatic rings. The van der Waals surface area contributed by atoms with Gasteiger partial charge in [-0.15, -0.1) is 0 Å². The number of rotatable bonds is 2. The summed E-state index contributed by atoms with van der Waals surface area (Å²) in [6, 6.07) is 7.79. The Morgan fingerprint density at radius 2 is 2.15 bits per heavy atom. The Labute approximate surface area is 157 Å². The van der Waals surface area contributed by atoms with Gasteiger partial charge in [0.15, 0.2) is 11.3 Å². The predicted octanol–water partition coefficient (Wildman–Crippen LogP) is 2.08. The van der Waals surface area contributed by atoms with Crippen molar-refractivity contribution in [3.8, 4) is 0 Å². The average molecular weight is 368 g/mol. The highest BCUT2D eigenvalue weighted by Crippen LogP contribution is 2.58. The highest BCUT2D eigenvalue weighted by molar-refractivity contribution is 5.87. The Bertz CT molecular complexity index is 980. The monoisotopic (exact) mass is 368 g/mol. The van der Waals surface area contributed by atoms with E-state index in [1.165, 1.54) is 7.11 Å². The molecule has 3 fully saturated rings. The van der Waals surface area contributed by atoms with Crippen LogP contribution >= 0.6 is 0 Å². The number of esters is 1. The number of piperidine rings is 3. The minimum atomic E-state index is -1.13. The largest absolute Gasteiger partial charge is 0.467 e. The van der Waals surface area contributed by atoms with Gasteiger partial charge in [-0.25, -0.2) is 4.79 Å². The minimum absolute atomic E-state index is 0.223. The number of H-pyrrole nitrogens is 1. The number of carbonyl (C=O) groups excluding carboxylic acids is 1. The normalized spacial score (nSPS) is 38.2. The number of allylic oxidation sites excluding steroid dienone is 1. The number of hydrogen-bond acceptors (Lipinski definition) is 5. The van der Waals surface area contributed by atoms with Crippen LogP contribution in [0.1, 0.15) is 24.6 Å². The van der Waals surface area contributed by atoms with Gasteiger partial charge in [-0.2, -0.15) is 0 Å². The third kappa shape index (κ3) is 1.83. The van der Waals surface area contributed by atoms with Crippen LogP contribution in [-0.4, -0.2) is 53.4 Å². The molecular weight excluding hydrogens is 344 g/mol. The van der Waals surface area contributed by atoms with E-state index in [-0.39, 0.29) is 17.9 Å². The molecule has 0 radical (unpaired) electrons. The lowest BCUT2D eigenvalue weighted by Gasteiger charge is -2.64. The zero-order valence-corrected chi connectivity index (χ0v) is 15.8. The van der Waals surface area contributed by atoms with E-state index in [1.807, 2.05) is 36.1 Å². The third-order valence-corrected chi connectivity index (χ3v) is 6.98. The molecule has 1 aromatic heterocycles. The second kappa shape index (κ2) is 5.44. The van der Waals surface area contributed by atoms with Gasteiger partial charge in [-0.05, 0) is 25.0 Å². The highest BCUT2D eigenvalue weighted by Gasteiger charge is 2.70. The quantitative estimate of drug-likeness (QED) is 0.627. The van der Waals surface area contributed by atoms with E-state index in [1.54, 1.807) is 7.11 Å². The van der Waals surface area contributed by atoms with E-state index in [0.29, 0.717) is 19.4 Å². The van der Waals surface area contributed by atoms with Gasteiger partial charge in [-0.3, -0.25) is 4.90 Å². The first-order chi connectivity index (χ1) is 13.0. The molecular formula is C21H24N2O4. The van der Waals surface area contributed by atoms with Crippen molar-refractivity contribution in [2.75, 3.05) is 20.8 Å². The fraction of sp³-hybridized carbons (Fsp3) is 0.476. The number of methoxy groups -OCH3 is 2. The number of fused-ring (bicyclic) bond motifs is 4. The van der Waals surface area contributed by atoms with Crippen molar-refractivity contribution in [1.82, 2.24) is 9.88 Å². The molecule has 4 aliphatic heterocycles. The molecule has 142 valence electrons. The lowest BCUT2D eigenvalue weighted by atomic mass is 9.59. The number of aromatic nitrogens is 1. The number of ether oxygens (including phenoxy) is 2. The molecule has 0 aliphatic carbocycles. The SMILES string of the molecule is CC=C1CN2[C@H]3Cc4c([nH]c5ccccc45)[C@]2(O)C[C@@H]1[C@@]3(OC)C(=O)OC. The van der Waals surface area contributed by atoms with Crippen LogP contribution in [0, 0.1) is 5.92 Å². The fourth-order valence-corrected chi connectivity index (χ4v) is 5.78. The zero-order chi connectivity index (χ0) is 19.0. The molecule has 6 nitrogen and oxygen atoms in total. The number of aliphatic hydroxyl groups is 1. The van der Waals surface area contributed by atoms with Gasteiger partial charge < -0.3 is 19.6 Å². The number of para-hydroxylation sites is 1. The van der Waals surface area contributed by atoms with Crippen LogP contribution in [-0.2, 0) is 26.4 Å². The van der Waals surface area contributed by atoms with Gasteiger partial charge in [-0.1, -0.05) is 29.8 Å². The molecule has 1 unspecified atom stereocenters. The van der Waals surface area contributed by atoms with Crippen molar-refractivity contribution in [3.63, 3.8) is 0 Å². The maximum Gasteiger partial charge on any atom is 0.340 e. The zero-order valence-electron chi connectivity index (χ0n) is 15.8. The molecule has 2 N–H and O–H groups in total. The van der Waals surface area contributed by atoms with E-state index in [0.717, 1.165) is 27.7 Å². The number of aromatic amines is 1. The summed E-state index contributed by atoms with van der Waals surface area (Å²) < 4.78 is 11.2. The number of nitrogens with zero attached hydrogens (tertiary/aromatic N) is 1. The summed E-state index contributed by atoms with van der Waals surface area (Å²) in [6.07, 6.45) is 3.06. The summed E-state index contributed by atoms with van der Waals surface area (Å²) in [4.78, 5) is 18.5. The molecule has 4 aliphatic rings. The van der Waals surface area contributed by atoms with Gasteiger partial charge >= 0.3 is 5.97 Å². The average Bonchev–Trinajstić information content (AvgIpc) is 3.07. The second-order valence-electron chi connectivity index (χ2n) is 7.80. The van der Waals surface area contributed by atoms with Crippen molar-refractivity contribution >= 4 is 16.9 Å². The second-order valence-corrected chi connectivity index (χ2v) is 7.80. The maximum atomic E-state index is 13.0. The third-order valence-electron chi connectivity index (χ3n) is 6.98. The standard InChI is InChI=1S/C21H24N2O4/c1-4-12-11-23-17-9-14-13-7-5-6-8-16(13)22-18(14)20(23,25)10-15(12)21(17,27-3)19(24)26-2/h4-8,15,17,22,25H,9-11H2,1-3H3/t15-,17-,20+,21-/m0/s1. The van der Waals surface area contributed by atoms with E-state index in [9.17, 15) is 9.90 Å². The number of hydrogen-bond donors (Lipinski definition) is 2. The summed E-state index contributed by atoms with van der Waals surface area (Å²) in [5.41, 5.74) is 1.80. The highest BCUT2D eigenvalue weighted by atomic mass is 16.6. The Morgan fingerprint density at radius 1 is 1.37 bits per heavy atom. The molecule has 27 heavy (non-hydrogen) atoms. The number of nitrogens with one attached hydrogen (secondary N) is 1. The van der Waals surface area contributed by atoms with Crippen LogP contribution in [0.15, 0.2) is 35.9 Å². The van der Waals surface area contributed by atoms with Crippen LogP contribution in [0.25, 0.3) is 10.9 Å². The lowest BCUT2D eigenvalue weighted by molar-refractivity contribution is -0.271. The lowest BCUT2D eigenvalue weighted by Crippen LogP contribution is -2.78. The Morgan fingerprint density at radius 3 is 2.85 bits per heavy atom. The van der Waals surface area contributed by atoms with E-state index >= 15 is 0 Å². The van der Waals surface area contributed by atoms with Crippen LogP contribution in [0.2, 0.25) is 0 Å². The molecule has 6 heteroatoms. The van der Waals surface area contributed by atoms with Crippen molar-refractivity contribution in [1.29, 1.82) is 0 Å². The number of benzene rings is 1. The smallest absolute Gasteiger partial charge is 0.340 e. The van der Waals surface area contributed by atoms with E-state index in [4.69, 9.17) is 9.47 Å². The summed E-state index contributed by atoms with van der Waals surface area (Å²) in [5.74, 6) is -0.589. The molecule has 5 atom stereocenters. The van der Waals surface area contributed by atoms with Crippen molar-refractivity contribution in [3.05, 3.63) is 47.2 Å². The first-order valence-corrected chi connectivity index (χ1v) is 9.39. The molecule has 6 rings (SSSR count). The first-order valence-electron chi connectivity index (χ1n) is 9.39. The van der Waals surface area contributed by atoms with Crippen LogP contribution in [0.3, 0.4) is 0 Å². The van der Waals surface area contributed by atoms with Gasteiger partial charge in [0.1, 0.15) is 0 Å². The number of carbonyl (C=O) groups is 1. The van der Waals surface area contributed by atoms with Crippen molar-refractivity contribution in [2.45, 2.75) is 37.1 Å².